The number of carbonyl (C=O) groups excluding carboxylic acids is 8. The van der Waals surface area contributed by atoms with Gasteiger partial charge in [0.1, 0.15) is 23.9 Å². The van der Waals surface area contributed by atoms with E-state index in [0.29, 0.717) is 51.3 Å². The second-order valence-corrected chi connectivity index (χ2v) is 21.8. The van der Waals surface area contributed by atoms with Crippen molar-refractivity contribution in [1.82, 2.24) is 36.4 Å². The molecule has 3 aromatic carbocycles. The summed E-state index contributed by atoms with van der Waals surface area (Å²) < 4.78 is 6.24. The molecule has 0 spiro atoms. The van der Waals surface area contributed by atoms with Gasteiger partial charge in [-0.05, 0) is 123 Å². The minimum absolute atomic E-state index is 0.0572. The molecule has 0 saturated carbocycles. The number of hydrogen-bond donors (Lipinski definition) is 5. The van der Waals surface area contributed by atoms with Gasteiger partial charge in [-0.15, -0.1) is 0 Å². The van der Waals surface area contributed by atoms with Crippen LogP contribution in [0, 0.1) is 11.3 Å². The molecule has 2 saturated heterocycles. The molecule has 4 heterocycles. The summed E-state index contributed by atoms with van der Waals surface area (Å²) in [6.07, 6.45) is 10.4. The molecule has 0 bridgehead atoms. The first-order valence-electron chi connectivity index (χ1n) is 26.8. The lowest BCUT2D eigenvalue weighted by Gasteiger charge is -2.41. The van der Waals surface area contributed by atoms with Crippen molar-refractivity contribution >= 4 is 52.9 Å². The summed E-state index contributed by atoms with van der Waals surface area (Å²) in [7, 11) is 1.70. The third-order valence-electron chi connectivity index (χ3n) is 15.6. The number of amides is 8. The van der Waals surface area contributed by atoms with Crippen LogP contribution in [-0.4, -0.2) is 115 Å². The predicted molar refractivity (Wildman–Crippen MR) is 279 cm³/mol. The van der Waals surface area contributed by atoms with Crippen molar-refractivity contribution in [1.29, 1.82) is 0 Å². The third kappa shape index (κ3) is 12.3. The molecule has 5 N–H and O–H groups in total. The Bertz CT molecular complexity index is 2620. The maximum Gasteiger partial charge on any atom is 0.262 e. The van der Waals surface area contributed by atoms with Crippen LogP contribution in [0.4, 0.5) is 5.69 Å². The molecule has 2 fully saturated rings. The van der Waals surface area contributed by atoms with Gasteiger partial charge >= 0.3 is 0 Å². The molecule has 4 aliphatic heterocycles. The highest BCUT2D eigenvalue weighted by molar-refractivity contribution is 6.23. The van der Waals surface area contributed by atoms with E-state index < -0.39 is 53.2 Å². The molecular formula is C57H74N8O9. The van der Waals surface area contributed by atoms with Crippen molar-refractivity contribution in [3.05, 3.63) is 94.0 Å². The third-order valence-corrected chi connectivity index (χ3v) is 15.6. The van der Waals surface area contributed by atoms with Gasteiger partial charge in [-0.25, -0.2) is 0 Å². The number of carbonyl (C=O) groups is 8. The Labute approximate surface area is 434 Å². The largest absolute Gasteiger partial charge is 0.494 e. The monoisotopic (exact) mass is 1010 g/mol. The average molecular weight is 1020 g/mol. The highest BCUT2D eigenvalue weighted by Crippen LogP contribution is 2.35. The predicted octanol–water partition coefficient (Wildman–Crippen LogP) is 5.43. The zero-order valence-corrected chi connectivity index (χ0v) is 43.7. The normalized spacial score (nSPS) is 20.7. The number of rotatable bonds is 19. The zero-order valence-electron chi connectivity index (χ0n) is 43.7. The lowest BCUT2D eigenvalue weighted by atomic mass is 9.83. The number of fused-ring (bicyclic) bond motifs is 3. The van der Waals surface area contributed by atoms with Crippen molar-refractivity contribution in [2.24, 2.45) is 11.3 Å². The quantitative estimate of drug-likeness (QED) is 0.0755. The van der Waals surface area contributed by atoms with Crippen LogP contribution in [0.2, 0.25) is 0 Å². The smallest absolute Gasteiger partial charge is 0.262 e. The Kier molecular flexibility index (Phi) is 17.2. The topological polar surface area (TPSA) is 216 Å². The van der Waals surface area contributed by atoms with Gasteiger partial charge in [0.15, 0.2) is 0 Å². The van der Waals surface area contributed by atoms with Gasteiger partial charge in [-0.2, -0.15) is 0 Å². The van der Waals surface area contributed by atoms with Gasteiger partial charge < -0.3 is 35.8 Å². The maximum atomic E-state index is 14.7. The van der Waals surface area contributed by atoms with Gasteiger partial charge in [-0.3, -0.25) is 48.6 Å². The van der Waals surface area contributed by atoms with Gasteiger partial charge in [0.25, 0.3) is 11.8 Å². The zero-order chi connectivity index (χ0) is 52.7. The molecule has 1 unspecified atom stereocenters. The van der Waals surface area contributed by atoms with Crippen LogP contribution < -0.4 is 36.2 Å². The van der Waals surface area contributed by atoms with Crippen LogP contribution in [0.25, 0.3) is 0 Å². The number of anilines is 1. The molecular weight excluding hydrogens is 941 g/mol. The fourth-order valence-electron chi connectivity index (χ4n) is 11.0. The van der Waals surface area contributed by atoms with E-state index in [0.717, 1.165) is 85.1 Å². The summed E-state index contributed by atoms with van der Waals surface area (Å²) in [5, 5.41) is 14.6. The van der Waals surface area contributed by atoms with Crippen molar-refractivity contribution in [2.45, 2.75) is 154 Å². The first kappa shape index (κ1) is 53.7. The summed E-state index contributed by atoms with van der Waals surface area (Å²) >= 11 is 0. The molecule has 17 heteroatoms. The number of ether oxygens (including phenoxy) is 1. The van der Waals surface area contributed by atoms with Crippen LogP contribution in [0.15, 0.2) is 60.7 Å². The Morgan fingerprint density at radius 2 is 1.51 bits per heavy atom. The van der Waals surface area contributed by atoms with Crippen molar-refractivity contribution in [3.63, 3.8) is 0 Å². The van der Waals surface area contributed by atoms with Gasteiger partial charge in [0.2, 0.25) is 35.4 Å². The Balaban J connectivity index is 0.758. The number of likely N-dealkylation sites (N-methyl/N-ethyl adjacent to an activating group) is 1. The van der Waals surface area contributed by atoms with Crippen molar-refractivity contribution in [3.8, 4) is 5.75 Å². The maximum absolute atomic E-state index is 14.7. The van der Waals surface area contributed by atoms with E-state index >= 15 is 0 Å². The number of benzene rings is 3. The molecule has 74 heavy (non-hydrogen) atoms. The van der Waals surface area contributed by atoms with Gasteiger partial charge in [0.05, 0.1) is 29.8 Å². The van der Waals surface area contributed by atoms with E-state index in [4.69, 9.17) is 4.74 Å². The number of nitrogens with zero attached hydrogens (tertiary/aromatic N) is 3. The highest BCUT2D eigenvalue weighted by atomic mass is 16.5. The summed E-state index contributed by atoms with van der Waals surface area (Å²) in [5.41, 5.74) is 4.90. The number of aryl methyl sites for hydroxylation is 1. The highest BCUT2D eigenvalue weighted by Gasteiger charge is 2.46. The second-order valence-electron chi connectivity index (χ2n) is 21.8. The number of nitrogens with one attached hydrogen (secondary N) is 5. The Hall–Kier alpha value is -6.62. The van der Waals surface area contributed by atoms with Crippen molar-refractivity contribution in [2.75, 3.05) is 38.2 Å². The standard InChI is InChI=1S/C57H74N8O9/c1-35(58-5)50(67)62-49(57(2,3)4)56(73)64-34-39-31-41(21-19-38(39)32-47(64)53(70)60-45-18-14-16-36-15-10-11-17-42(36)45)74-30-13-9-7-6-8-12-27-59-51(68)37-25-28-63(29-26-37)40-20-22-43-44(33-40)55(72)65(54(43)71)46-23-24-48(66)61-52(46)69/h10-11,15,17,19-22,31,33,35,37,45-47,49,58H,6-9,12-14,16,18,23-30,32,34H2,1-5H3,(H,59,68)(H,60,70)(H,62,67)(H,61,66,69)/t35-,45+,46?,47-,49+/m0/s1. The van der Waals surface area contributed by atoms with Gasteiger partial charge in [0, 0.05) is 50.6 Å². The van der Waals surface area contributed by atoms with E-state index in [2.05, 4.69) is 43.6 Å². The number of imide groups is 2. The molecule has 396 valence electrons. The Morgan fingerprint density at radius 1 is 0.784 bits per heavy atom. The summed E-state index contributed by atoms with van der Waals surface area (Å²) in [6, 6.07) is 16.0. The average Bonchev–Trinajstić information content (AvgIpc) is 3.64. The molecule has 0 aromatic heterocycles. The molecule has 17 nitrogen and oxygen atoms in total. The molecule has 0 radical (unpaired) electrons. The number of hydrogen-bond acceptors (Lipinski definition) is 11. The molecule has 8 rings (SSSR count). The van der Waals surface area contributed by atoms with Crippen LogP contribution in [-0.2, 0) is 48.2 Å². The molecule has 5 atom stereocenters. The van der Waals surface area contributed by atoms with E-state index in [1.54, 1.807) is 37.1 Å². The summed E-state index contributed by atoms with van der Waals surface area (Å²) in [4.78, 5) is 111. The summed E-state index contributed by atoms with van der Waals surface area (Å²) in [6.45, 7) is 10.1. The number of piperidine rings is 2. The van der Waals surface area contributed by atoms with E-state index in [9.17, 15) is 38.4 Å². The molecule has 3 aromatic rings. The van der Waals surface area contributed by atoms with Crippen LogP contribution in [0.1, 0.15) is 154 Å². The molecule has 5 aliphatic rings. The first-order valence-corrected chi connectivity index (χ1v) is 26.8. The van der Waals surface area contributed by atoms with Crippen LogP contribution >= 0.6 is 0 Å². The van der Waals surface area contributed by atoms with E-state index in [1.807, 2.05) is 51.1 Å². The van der Waals surface area contributed by atoms with Gasteiger partial charge in [-0.1, -0.05) is 76.8 Å². The minimum Gasteiger partial charge on any atom is -0.494 e. The SMILES string of the molecule is CN[C@@H](C)C(=O)N[C@H](C(=O)N1Cc2cc(OCCCCCCCCNC(=O)C3CCN(c4ccc5c(c4)C(=O)N(C4CCC(=O)NC4=O)C5=O)CC3)ccc2C[C@H]1C(=O)N[C@@H]1CCCc2ccccc21)C(C)(C)C. The fourth-order valence-corrected chi connectivity index (χ4v) is 11.0. The van der Waals surface area contributed by atoms with Crippen LogP contribution in [0.5, 0.6) is 5.75 Å². The Morgan fingerprint density at radius 3 is 2.26 bits per heavy atom. The lowest BCUT2D eigenvalue weighted by molar-refractivity contribution is -0.147. The van der Waals surface area contributed by atoms with E-state index in [-0.39, 0.29) is 66.1 Å². The lowest BCUT2D eigenvalue weighted by Crippen LogP contribution is -2.62. The molecule has 1 aliphatic carbocycles. The minimum atomic E-state index is -1.01. The summed E-state index contributed by atoms with van der Waals surface area (Å²) in [5.74, 6) is -2.25. The van der Waals surface area contributed by atoms with Crippen LogP contribution in [0.3, 0.4) is 0 Å². The van der Waals surface area contributed by atoms with E-state index in [1.165, 1.54) is 5.56 Å². The first-order chi connectivity index (χ1) is 35.5. The number of unbranched alkanes of at least 4 members (excludes halogenated alkanes) is 5. The van der Waals surface area contributed by atoms with Crippen molar-refractivity contribution < 1.29 is 43.1 Å². The second kappa shape index (κ2) is 23.7. The molecule has 8 amide bonds. The fraction of sp³-hybridized carbons (Fsp3) is 0.544.